The fourth-order valence-electron chi connectivity index (χ4n) is 1.64. The highest BCUT2D eigenvalue weighted by Crippen LogP contribution is 2.27. The van der Waals surface area contributed by atoms with Crippen molar-refractivity contribution in [1.82, 2.24) is 5.32 Å². The van der Waals surface area contributed by atoms with Crippen molar-refractivity contribution in [2.45, 2.75) is 20.3 Å². The molecule has 0 radical (unpaired) electrons. The lowest BCUT2D eigenvalue weighted by Gasteiger charge is -2.04. The third-order valence-electron chi connectivity index (χ3n) is 2.55. The van der Waals surface area contributed by atoms with Crippen molar-refractivity contribution in [3.05, 3.63) is 34.7 Å². The Balaban J connectivity index is 2.04. The molecule has 0 fully saturated rings. The van der Waals surface area contributed by atoms with Gasteiger partial charge in [0.1, 0.15) is 5.75 Å². The van der Waals surface area contributed by atoms with Crippen LogP contribution in [-0.2, 0) is 9.59 Å². The van der Waals surface area contributed by atoms with Crippen molar-refractivity contribution in [2.75, 3.05) is 6.61 Å². The van der Waals surface area contributed by atoms with Gasteiger partial charge in [0.25, 0.3) is 5.91 Å². The van der Waals surface area contributed by atoms with Crippen molar-refractivity contribution >= 4 is 34.8 Å². The Morgan fingerprint density at radius 1 is 1.38 bits per heavy atom. The molecule has 1 aliphatic rings. The van der Waals surface area contributed by atoms with Crippen LogP contribution in [0.1, 0.15) is 25.8 Å². The Morgan fingerprint density at radius 3 is 2.71 bits per heavy atom. The van der Waals surface area contributed by atoms with Crippen LogP contribution in [0.15, 0.2) is 34.2 Å². The molecule has 1 N–H and O–H groups in total. The molecule has 2 rings (SSSR count). The number of ether oxygens (including phenoxy) is 1. The first-order valence-corrected chi connectivity index (χ1v) is 7.43. The largest absolute Gasteiger partial charge is 0.494 e. The number of hydrogen-bond donors (Lipinski definition) is 1. The second-order valence-corrected chi connectivity index (χ2v) is 5.46. The summed E-state index contributed by atoms with van der Waals surface area (Å²) in [6.45, 7) is 4.11. The van der Waals surface area contributed by atoms with Gasteiger partial charge in [-0.3, -0.25) is 9.59 Å². The summed E-state index contributed by atoms with van der Waals surface area (Å²) < 4.78 is 5.50. The minimum absolute atomic E-state index is 0.243. The van der Waals surface area contributed by atoms with E-state index in [2.05, 4.69) is 10.3 Å². The highest BCUT2D eigenvalue weighted by molar-refractivity contribution is 8.18. The summed E-state index contributed by atoms with van der Waals surface area (Å²) in [6.07, 6.45) is 2.70. The van der Waals surface area contributed by atoms with Crippen LogP contribution < -0.4 is 10.1 Å². The average molecular weight is 304 g/mol. The van der Waals surface area contributed by atoms with Crippen molar-refractivity contribution in [1.29, 1.82) is 0 Å². The standard InChI is InChI=1S/C15H16N2O3S/c1-3-8-20-12-6-4-11(5-7-12)9-13-14(19)17-15(21-13)16-10(2)18/h4-7,9H,3,8H2,1-2H3,(H,16,17,18,19)/b13-9-. The molecule has 1 aromatic rings. The maximum Gasteiger partial charge on any atom is 0.286 e. The van der Waals surface area contributed by atoms with E-state index in [4.69, 9.17) is 4.74 Å². The lowest BCUT2D eigenvalue weighted by Crippen LogP contribution is -2.23. The first-order valence-electron chi connectivity index (χ1n) is 6.61. The van der Waals surface area contributed by atoms with Gasteiger partial charge in [0.2, 0.25) is 5.91 Å². The van der Waals surface area contributed by atoms with Crippen LogP contribution in [0.25, 0.3) is 6.08 Å². The molecule has 0 aromatic heterocycles. The fourth-order valence-corrected chi connectivity index (χ4v) is 2.50. The van der Waals surface area contributed by atoms with E-state index in [-0.39, 0.29) is 11.8 Å². The van der Waals surface area contributed by atoms with Gasteiger partial charge in [-0.25, -0.2) is 0 Å². The second kappa shape index (κ2) is 7.08. The Bertz CT molecular complexity index is 606. The normalized spacial score (nSPS) is 16.0. The number of rotatable bonds is 4. The lowest BCUT2D eigenvalue weighted by atomic mass is 10.2. The van der Waals surface area contributed by atoms with Crippen LogP contribution >= 0.6 is 11.8 Å². The van der Waals surface area contributed by atoms with Gasteiger partial charge in [0.05, 0.1) is 11.5 Å². The van der Waals surface area contributed by atoms with E-state index in [1.807, 2.05) is 31.2 Å². The number of benzene rings is 1. The summed E-state index contributed by atoms with van der Waals surface area (Å²) in [5.41, 5.74) is 0.883. The van der Waals surface area contributed by atoms with E-state index in [1.54, 1.807) is 6.08 Å². The van der Waals surface area contributed by atoms with Crippen molar-refractivity contribution in [2.24, 2.45) is 4.99 Å². The minimum atomic E-state index is -0.338. The molecule has 1 aliphatic heterocycles. The van der Waals surface area contributed by atoms with Crippen molar-refractivity contribution < 1.29 is 14.3 Å². The molecule has 1 aromatic carbocycles. The monoisotopic (exact) mass is 304 g/mol. The summed E-state index contributed by atoms with van der Waals surface area (Å²) in [4.78, 5) is 26.9. The van der Waals surface area contributed by atoms with Gasteiger partial charge < -0.3 is 10.1 Å². The van der Waals surface area contributed by atoms with Gasteiger partial charge in [0.15, 0.2) is 5.17 Å². The number of nitrogens with one attached hydrogen (secondary N) is 1. The predicted molar refractivity (Wildman–Crippen MR) is 84.1 cm³/mol. The summed E-state index contributed by atoms with van der Waals surface area (Å²) in [5.74, 6) is 0.224. The topological polar surface area (TPSA) is 67.8 Å². The summed E-state index contributed by atoms with van der Waals surface area (Å²) in [7, 11) is 0. The lowest BCUT2D eigenvalue weighted by molar-refractivity contribution is -0.117. The van der Waals surface area contributed by atoms with Gasteiger partial charge in [-0.2, -0.15) is 4.99 Å². The molecule has 6 heteroatoms. The second-order valence-electron chi connectivity index (χ2n) is 4.43. The zero-order valence-corrected chi connectivity index (χ0v) is 12.7. The van der Waals surface area contributed by atoms with Crippen LogP contribution in [-0.4, -0.2) is 23.6 Å². The fraction of sp³-hybridized carbons (Fsp3) is 0.267. The van der Waals surface area contributed by atoms with E-state index in [9.17, 15) is 9.59 Å². The van der Waals surface area contributed by atoms with Crippen LogP contribution in [0.5, 0.6) is 5.75 Å². The molecule has 0 saturated heterocycles. The van der Waals surface area contributed by atoms with Crippen LogP contribution in [0.3, 0.4) is 0 Å². The SMILES string of the molecule is CCCOc1ccc(/C=C2\SC(NC(C)=O)=NC2=O)cc1. The number of thioether (sulfide) groups is 1. The van der Waals surface area contributed by atoms with Gasteiger partial charge in [-0.05, 0) is 42.0 Å². The molecular formula is C15H16N2O3S. The number of carbonyl (C=O) groups is 2. The zero-order valence-electron chi connectivity index (χ0n) is 11.9. The third-order valence-corrected chi connectivity index (χ3v) is 3.45. The maximum atomic E-state index is 11.7. The smallest absolute Gasteiger partial charge is 0.286 e. The van der Waals surface area contributed by atoms with Crippen molar-refractivity contribution in [3.8, 4) is 5.75 Å². The van der Waals surface area contributed by atoms with E-state index in [0.29, 0.717) is 16.7 Å². The Hall–Kier alpha value is -2.08. The number of amides is 2. The molecule has 0 aliphatic carbocycles. The third kappa shape index (κ3) is 4.46. The average Bonchev–Trinajstić information content (AvgIpc) is 2.77. The molecule has 0 bridgehead atoms. The highest BCUT2D eigenvalue weighted by atomic mass is 32.2. The first kappa shape index (κ1) is 15.3. The molecule has 110 valence electrons. The van der Waals surface area contributed by atoms with Gasteiger partial charge in [-0.15, -0.1) is 0 Å². The molecule has 1 heterocycles. The van der Waals surface area contributed by atoms with Crippen molar-refractivity contribution in [3.63, 3.8) is 0 Å². The molecule has 0 atom stereocenters. The molecule has 5 nitrogen and oxygen atoms in total. The van der Waals surface area contributed by atoms with Gasteiger partial charge in [-0.1, -0.05) is 19.1 Å². The zero-order chi connectivity index (χ0) is 15.2. The van der Waals surface area contributed by atoms with E-state index >= 15 is 0 Å². The number of aliphatic imine (C=N–C) groups is 1. The highest BCUT2D eigenvalue weighted by Gasteiger charge is 2.22. The summed E-state index contributed by atoms with van der Waals surface area (Å²) in [6, 6.07) is 7.48. The maximum absolute atomic E-state index is 11.7. The molecule has 0 saturated carbocycles. The van der Waals surface area contributed by atoms with Crippen LogP contribution in [0, 0.1) is 0 Å². The van der Waals surface area contributed by atoms with Crippen LogP contribution in [0.2, 0.25) is 0 Å². The summed E-state index contributed by atoms with van der Waals surface area (Å²) >= 11 is 1.16. The van der Waals surface area contributed by atoms with Gasteiger partial charge >= 0.3 is 0 Å². The molecule has 21 heavy (non-hydrogen) atoms. The van der Waals surface area contributed by atoms with Gasteiger partial charge in [0, 0.05) is 6.92 Å². The molecule has 2 amide bonds. The predicted octanol–water partition coefficient (Wildman–Crippen LogP) is 2.58. The number of hydrogen-bond acceptors (Lipinski definition) is 4. The Morgan fingerprint density at radius 2 is 2.10 bits per heavy atom. The van der Waals surface area contributed by atoms with E-state index in [1.165, 1.54) is 6.92 Å². The molecular weight excluding hydrogens is 288 g/mol. The quantitative estimate of drug-likeness (QED) is 0.868. The Kier molecular flexibility index (Phi) is 5.16. The molecule has 0 unspecified atom stereocenters. The minimum Gasteiger partial charge on any atom is -0.494 e. The molecule has 0 spiro atoms. The van der Waals surface area contributed by atoms with E-state index in [0.717, 1.165) is 29.5 Å². The van der Waals surface area contributed by atoms with Crippen LogP contribution in [0.4, 0.5) is 0 Å². The number of nitrogens with zero attached hydrogens (tertiary/aromatic N) is 1. The van der Waals surface area contributed by atoms with E-state index < -0.39 is 0 Å². The first-order chi connectivity index (χ1) is 10.1. The Labute approximate surface area is 127 Å². The summed E-state index contributed by atoms with van der Waals surface area (Å²) in [5, 5.41) is 2.83. The number of carbonyl (C=O) groups excluding carboxylic acids is 2. The number of amidine groups is 1.